The number of carbonyl (C=O) groups excluding carboxylic acids is 2. The Morgan fingerprint density at radius 2 is 1.85 bits per heavy atom. The Morgan fingerprint density at radius 3 is 2.45 bits per heavy atom. The van der Waals surface area contributed by atoms with Gasteiger partial charge in [-0.25, -0.2) is 0 Å². The smallest absolute Gasteiger partial charge is 0.237 e. The van der Waals surface area contributed by atoms with Crippen LogP contribution in [0.4, 0.5) is 0 Å². The monoisotopic (exact) mass is 277 g/mol. The summed E-state index contributed by atoms with van der Waals surface area (Å²) in [5, 5.41) is 5.45. The standard InChI is InChI=1S/C15H23N3O2/c1-11(2)18-14(19)8-9-17-15(20)13(16)10-12-6-4-3-5-7-12/h3-7,11,13H,8-10,16H2,1-2H3,(H,17,20)(H,18,19). The van der Waals surface area contributed by atoms with Crippen LogP contribution in [0.5, 0.6) is 0 Å². The molecule has 1 aromatic carbocycles. The molecule has 1 unspecified atom stereocenters. The molecule has 0 heterocycles. The van der Waals surface area contributed by atoms with Crippen molar-refractivity contribution in [2.75, 3.05) is 6.54 Å². The van der Waals surface area contributed by atoms with E-state index in [1.807, 2.05) is 44.2 Å². The Balaban J connectivity index is 2.27. The van der Waals surface area contributed by atoms with Gasteiger partial charge in [-0.2, -0.15) is 0 Å². The summed E-state index contributed by atoms with van der Waals surface area (Å²) >= 11 is 0. The predicted octanol–water partition coefficient (Wildman–Crippen LogP) is 0.587. The van der Waals surface area contributed by atoms with Crippen LogP contribution in [0.3, 0.4) is 0 Å². The Kier molecular flexibility index (Phi) is 6.73. The van der Waals surface area contributed by atoms with Gasteiger partial charge in [0, 0.05) is 19.0 Å². The van der Waals surface area contributed by atoms with E-state index in [0.717, 1.165) is 5.56 Å². The van der Waals surface area contributed by atoms with Crippen LogP contribution in [0.2, 0.25) is 0 Å². The molecule has 0 aliphatic carbocycles. The Hall–Kier alpha value is -1.88. The summed E-state index contributed by atoms with van der Waals surface area (Å²) in [5.41, 5.74) is 6.86. The molecular formula is C15H23N3O2. The van der Waals surface area contributed by atoms with Crippen molar-refractivity contribution in [1.29, 1.82) is 0 Å². The van der Waals surface area contributed by atoms with Crippen molar-refractivity contribution < 1.29 is 9.59 Å². The van der Waals surface area contributed by atoms with Crippen molar-refractivity contribution >= 4 is 11.8 Å². The highest BCUT2D eigenvalue weighted by molar-refractivity contribution is 5.82. The zero-order valence-electron chi connectivity index (χ0n) is 12.1. The van der Waals surface area contributed by atoms with E-state index in [-0.39, 0.29) is 24.3 Å². The molecule has 0 saturated heterocycles. The largest absolute Gasteiger partial charge is 0.354 e. The fraction of sp³-hybridized carbons (Fsp3) is 0.467. The highest BCUT2D eigenvalue weighted by Gasteiger charge is 2.14. The third kappa shape index (κ3) is 6.33. The molecule has 1 rings (SSSR count). The Morgan fingerprint density at radius 1 is 1.20 bits per heavy atom. The van der Waals surface area contributed by atoms with Crippen LogP contribution < -0.4 is 16.4 Å². The predicted molar refractivity (Wildman–Crippen MR) is 79.0 cm³/mol. The van der Waals surface area contributed by atoms with Gasteiger partial charge >= 0.3 is 0 Å². The minimum absolute atomic E-state index is 0.0723. The van der Waals surface area contributed by atoms with Crippen LogP contribution in [0.25, 0.3) is 0 Å². The van der Waals surface area contributed by atoms with Crippen molar-refractivity contribution in [1.82, 2.24) is 10.6 Å². The minimum Gasteiger partial charge on any atom is -0.354 e. The first-order valence-corrected chi connectivity index (χ1v) is 6.85. The molecule has 0 spiro atoms. The van der Waals surface area contributed by atoms with E-state index in [4.69, 9.17) is 5.73 Å². The molecule has 5 heteroatoms. The van der Waals surface area contributed by atoms with Gasteiger partial charge in [-0.05, 0) is 25.8 Å². The normalized spacial score (nSPS) is 12.0. The second-order valence-electron chi connectivity index (χ2n) is 5.06. The first kappa shape index (κ1) is 16.2. The van der Waals surface area contributed by atoms with E-state index in [9.17, 15) is 9.59 Å². The number of hydrogen-bond donors (Lipinski definition) is 3. The molecule has 20 heavy (non-hydrogen) atoms. The van der Waals surface area contributed by atoms with E-state index in [1.54, 1.807) is 0 Å². The van der Waals surface area contributed by atoms with Crippen molar-refractivity contribution in [3.8, 4) is 0 Å². The SMILES string of the molecule is CC(C)NC(=O)CCNC(=O)C(N)Cc1ccccc1. The maximum absolute atomic E-state index is 11.8. The first-order valence-electron chi connectivity index (χ1n) is 6.85. The lowest BCUT2D eigenvalue weighted by Crippen LogP contribution is -2.43. The van der Waals surface area contributed by atoms with E-state index < -0.39 is 6.04 Å². The molecule has 0 fully saturated rings. The third-order valence-corrected chi connectivity index (χ3v) is 2.74. The van der Waals surface area contributed by atoms with Gasteiger partial charge in [0.1, 0.15) is 0 Å². The Labute approximate surface area is 119 Å². The van der Waals surface area contributed by atoms with Gasteiger partial charge in [-0.1, -0.05) is 30.3 Å². The molecule has 5 nitrogen and oxygen atoms in total. The fourth-order valence-electron chi connectivity index (χ4n) is 1.79. The molecule has 0 aromatic heterocycles. The molecule has 0 aliphatic rings. The highest BCUT2D eigenvalue weighted by atomic mass is 16.2. The summed E-state index contributed by atoms with van der Waals surface area (Å²) in [4.78, 5) is 23.2. The molecule has 110 valence electrons. The summed E-state index contributed by atoms with van der Waals surface area (Å²) in [5.74, 6) is -0.303. The summed E-state index contributed by atoms with van der Waals surface area (Å²) in [6.45, 7) is 4.10. The van der Waals surface area contributed by atoms with Crippen LogP contribution in [0.15, 0.2) is 30.3 Å². The summed E-state index contributed by atoms with van der Waals surface area (Å²) < 4.78 is 0. The van der Waals surface area contributed by atoms with Gasteiger partial charge in [-0.15, -0.1) is 0 Å². The van der Waals surface area contributed by atoms with Crippen LogP contribution in [0, 0.1) is 0 Å². The number of benzene rings is 1. The van der Waals surface area contributed by atoms with Crippen LogP contribution in [-0.4, -0.2) is 30.4 Å². The molecule has 2 amide bonds. The second kappa shape index (κ2) is 8.32. The summed E-state index contributed by atoms with van der Waals surface area (Å²) in [7, 11) is 0. The molecule has 1 atom stereocenters. The lowest BCUT2D eigenvalue weighted by atomic mass is 10.1. The van der Waals surface area contributed by atoms with Gasteiger partial charge in [0.25, 0.3) is 0 Å². The number of nitrogens with two attached hydrogens (primary N) is 1. The average molecular weight is 277 g/mol. The molecule has 0 aliphatic heterocycles. The lowest BCUT2D eigenvalue weighted by molar-refractivity contribution is -0.123. The van der Waals surface area contributed by atoms with Gasteiger partial charge in [0.15, 0.2) is 0 Å². The van der Waals surface area contributed by atoms with Gasteiger partial charge in [0.05, 0.1) is 6.04 Å². The van der Waals surface area contributed by atoms with Crippen molar-refractivity contribution in [3.05, 3.63) is 35.9 Å². The summed E-state index contributed by atoms with van der Waals surface area (Å²) in [6.07, 6.45) is 0.757. The summed E-state index contributed by atoms with van der Waals surface area (Å²) in [6, 6.07) is 9.13. The lowest BCUT2D eigenvalue weighted by Gasteiger charge is -2.13. The van der Waals surface area contributed by atoms with Gasteiger partial charge in [-0.3, -0.25) is 9.59 Å². The minimum atomic E-state index is -0.592. The molecule has 0 radical (unpaired) electrons. The number of amides is 2. The molecule has 0 bridgehead atoms. The van der Waals surface area contributed by atoms with Crippen LogP contribution in [0.1, 0.15) is 25.8 Å². The third-order valence-electron chi connectivity index (χ3n) is 2.74. The van der Waals surface area contributed by atoms with Crippen LogP contribution >= 0.6 is 0 Å². The number of hydrogen-bond acceptors (Lipinski definition) is 3. The van der Waals surface area contributed by atoms with Crippen molar-refractivity contribution in [2.45, 2.75) is 38.8 Å². The Bertz CT molecular complexity index is 432. The van der Waals surface area contributed by atoms with E-state index in [0.29, 0.717) is 13.0 Å². The molecule has 1 aromatic rings. The van der Waals surface area contributed by atoms with Crippen LogP contribution in [-0.2, 0) is 16.0 Å². The van der Waals surface area contributed by atoms with Gasteiger partial charge < -0.3 is 16.4 Å². The number of nitrogens with one attached hydrogen (secondary N) is 2. The first-order chi connectivity index (χ1) is 9.49. The zero-order valence-corrected chi connectivity index (χ0v) is 12.1. The van der Waals surface area contributed by atoms with E-state index in [2.05, 4.69) is 10.6 Å². The second-order valence-corrected chi connectivity index (χ2v) is 5.06. The molecule has 4 N–H and O–H groups in total. The quantitative estimate of drug-likeness (QED) is 0.682. The fourth-order valence-corrected chi connectivity index (χ4v) is 1.79. The van der Waals surface area contributed by atoms with E-state index >= 15 is 0 Å². The van der Waals surface area contributed by atoms with E-state index in [1.165, 1.54) is 0 Å². The van der Waals surface area contributed by atoms with Crippen molar-refractivity contribution in [2.24, 2.45) is 5.73 Å². The van der Waals surface area contributed by atoms with Crippen molar-refractivity contribution in [3.63, 3.8) is 0 Å². The highest BCUT2D eigenvalue weighted by Crippen LogP contribution is 2.01. The maximum Gasteiger partial charge on any atom is 0.237 e. The molecular weight excluding hydrogens is 254 g/mol. The number of rotatable bonds is 7. The van der Waals surface area contributed by atoms with Gasteiger partial charge in [0.2, 0.25) is 11.8 Å². The average Bonchev–Trinajstić information content (AvgIpc) is 2.38. The molecule has 0 saturated carbocycles. The zero-order chi connectivity index (χ0) is 15.0. The topological polar surface area (TPSA) is 84.2 Å². The maximum atomic E-state index is 11.8. The number of carbonyl (C=O) groups is 2.